The van der Waals surface area contributed by atoms with Gasteiger partial charge in [-0.25, -0.2) is 0 Å². The van der Waals surface area contributed by atoms with E-state index >= 15 is 0 Å². The highest BCUT2D eigenvalue weighted by Crippen LogP contribution is 2.33. The zero-order chi connectivity index (χ0) is 14.6. The van der Waals surface area contributed by atoms with Crippen LogP contribution in [-0.4, -0.2) is 30.5 Å². The Hall–Kier alpha value is -1.06. The van der Waals surface area contributed by atoms with Crippen LogP contribution in [0, 0.1) is 6.92 Å². The molecule has 1 aromatic rings. The number of aryl methyl sites for hydroxylation is 1. The molecule has 0 aromatic heterocycles. The molecule has 112 valence electrons. The van der Waals surface area contributed by atoms with Gasteiger partial charge < -0.3 is 14.6 Å². The lowest BCUT2D eigenvalue weighted by Crippen LogP contribution is -2.42. The SMILES string of the molecule is CCCC1CC(O)(Cc2cc(C)ccc2OC)CCO1. The summed E-state index contributed by atoms with van der Waals surface area (Å²) >= 11 is 0. The first kappa shape index (κ1) is 15.3. The lowest BCUT2D eigenvalue weighted by atomic mass is 9.83. The number of aliphatic hydroxyl groups is 1. The van der Waals surface area contributed by atoms with Crippen LogP contribution < -0.4 is 4.74 Å². The second-order valence-electron chi connectivity index (χ2n) is 5.95. The third-order valence-corrected chi connectivity index (χ3v) is 4.09. The van der Waals surface area contributed by atoms with E-state index in [0.717, 1.165) is 30.6 Å². The molecule has 1 fully saturated rings. The molecule has 0 radical (unpaired) electrons. The number of hydrogen-bond acceptors (Lipinski definition) is 3. The predicted octanol–water partition coefficient (Wildman–Crippen LogP) is 3.26. The van der Waals surface area contributed by atoms with Gasteiger partial charge in [0.1, 0.15) is 5.75 Å². The summed E-state index contributed by atoms with van der Waals surface area (Å²) in [6.45, 7) is 4.87. The van der Waals surface area contributed by atoms with Gasteiger partial charge >= 0.3 is 0 Å². The van der Waals surface area contributed by atoms with Crippen LogP contribution in [0.2, 0.25) is 0 Å². The van der Waals surface area contributed by atoms with Crippen molar-refractivity contribution in [2.24, 2.45) is 0 Å². The molecular weight excluding hydrogens is 252 g/mol. The molecule has 1 aliphatic heterocycles. The highest BCUT2D eigenvalue weighted by atomic mass is 16.5. The van der Waals surface area contributed by atoms with Crippen LogP contribution in [-0.2, 0) is 11.2 Å². The van der Waals surface area contributed by atoms with Gasteiger partial charge in [-0.05, 0) is 31.4 Å². The fourth-order valence-corrected chi connectivity index (χ4v) is 3.07. The van der Waals surface area contributed by atoms with Gasteiger partial charge in [-0.2, -0.15) is 0 Å². The molecule has 2 atom stereocenters. The summed E-state index contributed by atoms with van der Waals surface area (Å²) in [7, 11) is 1.68. The Morgan fingerprint density at radius 1 is 1.45 bits per heavy atom. The van der Waals surface area contributed by atoms with Crippen molar-refractivity contribution in [2.75, 3.05) is 13.7 Å². The lowest BCUT2D eigenvalue weighted by molar-refractivity contribution is -0.105. The molecule has 1 aliphatic rings. The predicted molar refractivity (Wildman–Crippen MR) is 80.3 cm³/mol. The molecule has 1 saturated heterocycles. The van der Waals surface area contributed by atoms with E-state index in [1.165, 1.54) is 5.56 Å². The summed E-state index contributed by atoms with van der Waals surface area (Å²) in [6, 6.07) is 6.13. The van der Waals surface area contributed by atoms with Gasteiger partial charge in [-0.1, -0.05) is 31.0 Å². The van der Waals surface area contributed by atoms with E-state index in [4.69, 9.17) is 9.47 Å². The number of methoxy groups -OCH3 is 1. The maximum Gasteiger partial charge on any atom is 0.122 e. The smallest absolute Gasteiger partial charge is 0.122 e. The second kappa shape index (κ2) is 6.59. The largest absolute Gasteiger partial charge is 0.496 e. The van der Waals surface area contributed by atoms with Crippen molar-refractivity contribution in [3.05, 3.63) is 29.3 Å². The van der Waals surface area contributed by atoms with Crippen molar-refractivity contribution in [1.29, 1.82) is 0 Å². The lowest BCUT2D eigenvalue weighted by Gasteiger charge is -2.37. The number of hydrogen-bond donors (Lipinski definition) is 1. The Balaban J connectivity index is 2.13. The van der Waals surface area contributed by atoms with Crippen molar-refractivity contribution in [1.82, 2.24) is 0 Å². The molecule has 0 spiro atoms. The monoisotopic (exact) mass is 278 g/mol. The maximum absolute atomic E-state index is 10.9. The normalized spacial score (nSPS) is 26.5. The fourth-order valence-electron chi connectivity index (χ4n) is 3.07. The van der Waals surface area contributed by atoms with Gasteiger partial charge in [-0.3, -0.25) is 0 Å². The van der Waals surface area contributed by atoms with Crippen LogP contribution in [0.15, 0.2) is 18.2 Å². The molecule has 0 aliphatic carbocycles. The molecule has 1 heterocycles. The van der Waals surface area contributed by atoms with Crippen molar-refractivity contribution in [3.63, 3.8) is 0 Å². The summed E-state index contributed by atoms with van der Waals surface area (Å²) in [5.41, 5.74) is 1.62. The van der Waals surface area contributed by atoms with Gasteiger partial charge in [-0.15, -0.1) is 0 Å². The third-order valence-electron chi connectivity index (χ3n) is 4.09. The van der Waals surface area contributed by atoms with E-state index in [0.29, 0.717) is 19.4 Å². The van der Waals surface area contributed by atoms with Crippen molar-refractivity contribution in [3.8, 4) is 5.75 Å². The maximum atomic E-state index is 10.9. The van der Waals surface area contributed by atoms with Gasteiger partial charge in [0, 0.05) is 19.4 Å². The summed E-state index contributed by atoms with van der Waals surface area (Å²) in [5.74, 6) is 0.863. The third kappa shape index (κ3) is 3.74. The quantitative estimate of drug-likeness (QED) is 0.898. The van der Waals surface area contributed by atoms with E-state index in [9.17, 15) is 5.11 Å². The summed E-state index contributed by atoms with van der Waals surface area (Å²) < 4.78 is 11.2. The van der Waals surface area contributed by atoms with Gasteiger partial charge in [0.05, 0.1) is 18.8 Å². The number of benzene rings is 1. The Bertz CT molecular complexity index is 442. The second-order valence-corrected chi connectivity index (χ2v) is 5.95. The summed E-state index contributed by atoms with van der Waals surface area (Å²) in [4.78, 5) is 0. The molecule has 0 bridgehead atoms. The first-order valence-corrected chi connectivity index (χ1v) is 7.54. The molecule has 20 heavy (non-hydrogen) atoms. The van der Waals surface area contributed by atoms with Crippen molar-refractivity contribution >= 4 is 0 Å². The molecule has 2 rings (SSSR count). The van der Waals surface area contributed by atoms with Crippen molar-refractivity contribution < 1.29 is 14.6 Å². The fraction of sp³-hybridized carbons (Fsp3) is 0.647. The molecule has 0 amide bonds. The van der Waals surface area contributed by atoms with E-state index < -0.39 is 5.60 Å². The van der Waals surface area contributed by atoms with E-state index in [-0.39, 0.29) is 6.10 Å². The number of ether oxygens (including phenoxy) is 2. The minimum Gasteiger partial charge on any atom is -0.496 e. The topological polar surface area (TPSA) is 38.7 Å². The van der Waals surface area contributed by atoms with Crippen LogP contribution in [0.25, 0.3) is 0 Å². The van der Waals surface area contributed by atoms with Crippen LogP contribution in [0.5, 0.6) is 5.75 Å². The molecular formula is C17H26O3. The standard InChI is InChI=1S/C17H26O3/c1-4-5-15-12-17(18,8-9-20-15)11-14-10-13(2)6-7-16(14)19-3/h6-7,10,15,18H,4-5,8-9,11-12H2,1-3H3. The Labute approximate surface area is 121 Å². The first-order valence-electron chi connectivity index (χ1n) is 7.54. The van der Waals surface area contributed by atoms with Gasteiger partial charge in [0.25, 0.3) is 0 Å². The van der Waals surface area contributed by atoms with Gasteiger partial charge in [0.2, 0.25) is 0 Å². The molecule has 1 aromatic carbocycles. The molecule has 1 N–H and O–H groups in total. The Morgan fingerprint density at radius 2 is 2.25 bits per heavy atom. The van der Waals surface area contributed by atoms with E-state index in [2.05, 4.69) is 19.9 Å². The zero-order valence-electron chi connectivity index (χ0n) is 12.8. The molecule has 3 heteroatoms. The zero-order valence-corrected chi connectivity index (χ0v) is 12.8. The highest BCUT2D eigenvalue weighted by Gasteiger charge is 2.35. The van der Waals surface area contributed by atoms with E-state index in [1.54, 1.807) is 7.11 Å². The van der Waals surface area contributed by atoms with Crippen LogP contribution in [0.4, 0.5) is 0 Å². The average molecular weight is 278 g/mol. The minimum atomic E-state index is -0.667. The van der Waals surface area contributed by atoms with E-state index in [1.807, 2.05) is 12.1 Å². The van der Waals surface area contributed by atoms with Crippen LogP contribution >= 0.6 is 0 Å². The van der Waals surface area contributed by atoms with Crippen LogP contribution in [0.3, 0.4) is 0 Å². The molecule has 3 nitrogen and oxygen atoms in total. The Kier molecular flexibility index (Phi) is 5.06. The summed E-state index contributed by atoms with van der Waals surface area (Å²) in [5, 5.41) is 10.9. The Morgan fingerprint density at radius 3 is 2.95 bits per heavy atom. The van der Waals surface area contributed by atoms with Crippen LogP contribution in [0.1, 0.15) is 43.7 Å². The summed E-state index contributed by atoms with van der Waals surface area (Å²) in [6.07, 6.45) is 4.36. The minimum absolute atomic E-state index is 0.189. The average Bonchev–Trinajstić information content (AvgIpc) is 2.39. The highest BCUT2D eigenvalue weighted by molar-refractivity contribution is 5.38. The molecule has 0 saturated carbocycles. The molecule has 2 unspecified atom stereocenters. The van der Waals surface area contributed by atoms with Gasteiger partial charge in [0.15, 0.2) is 0 Å². The first-order chi connectivity index (χ1) is 9.56. The number of rotatable bonds is 5. The van der Waals surface area contributed by atoms with Crippen molar-refractivity contribution in [2.45, 2.75) is 57.7 Å².